The molecular formula is C17H14N2O2S2. The van der Waals surface area contributed by atoms with Crippen LogP contribution in [0.5, 0.6) is 0 Å². The van der Waals surface area contributed by atoms with E-state index in [-0.39, 0.29) is 5.56 Å². The molecule has 1 aliphatic rings. The fraction of sp³-hybridized carbons (Fsp3) is 0.176. The van der Waals surface area contributed by atoms with Crippen LogP contribution in [0.4, 0.5) is 0 Å². The van der Waals surface area contributed by atoms with E-state index in [9.17, 15) is 9.35 Å². The summed E-state index contributed by atoms with van der Waals surface area (Å²) >= 11 is 0.629. The zero-order valence-electron chi connectivity index (χ0n) is 12.5. The Morgan fingerprint density at radius 3 is 3.00 bits per heavy atom. The van der Waals surface area contributed by atoms with Crippen LogP contribution in [0.15, 0.2) is 57.2 Å². The van der Waals surface area contributed by atoms with E-state index in [1.165, 1.54) is 0 Å². The van der Waals surface area contributed by atoms with Gasteiger partial charge in [0, 0.05) is 33.9 Å². The van der Waals surface area contributed by atoms with Gasteiger partial charge < -0.3 is 4.55 Å². The predicted molar refractivity (Wildman–Crippen MR) is 94.1 cm³/mol. The lowest BCUT2D eigenvalue weighted by atomic mass is 10.1. The Morgan fingerprint density at radius 1 is 1.30 bits per heavy atom. The summed E-state index contributed by atoms with van der Waals surface area (Å²) in [5, 5.41) is 1.01. The smallest absolute Gasteiger partial charge is 0.261 e. The van der Waals surface area contributed by atoms with Gasteiger partial charge in [-0.25, -0.2) is 4.98 Å². The molecule has 1 atom stereocenters. The fourth-order valence-electron chi connectivity index (χ4n) is 2.92. The van der Waals surface area contributed by atoms with Crippen molar-refractivity contribution in [2.45, 2.75) is 16.2 Å². The highest BCUT2D eigenvalue weighted by atomic mass is 32.2. The summed E-state index contributed by atoms with van der Waals surface area (Å²) < 4.78 is 13.4. The van der Waals surface area contributed by atoms with Crippen LogP contribution in [0.3, 0.4) is 0 Å². The Bertz CT molecular complexity index is 966. The zero-order chi connectivity index (χ0) is 16.0. The largest absolute Gasteiger partial charge is 0.612 e. The average molecular weight is 342 g/mol. The minimum absolute atomic E-state index is 0.0183. The van der Waals surface area contributed by atoms with Crippen molar-refractivity contribution in [2.24, 2.45) is 0 Å². The molecule has 0 aliphatic carbocycles. The van der Waals surface area contributed by atoms with E-state index in [1.807, 2.05) is 30.3 Å². The van der Waals surface area contributed by atoms with E-state index >= 15 is 0 Å². The number of aromatic nitrogens is 2. The summed E-state index contributed by atoms with van der Waals surface area (Å²) in [6.07, 6.45) is 4.12. The fourth-order valence-corrected chi connectivity index (χ4v) is 4.67. The first-order chi connectivity index (χ1) is 11.2. The number of hydrogen-bond acceptors (Lipinski definition) is 4. The first kappa shape index (κ1) is 14.8. The van der Waals surface area contributed by atoms with E-state index in [4.69, 9.17) is 0 Å². The highest BCUT2D eigenvalue weighted by Crippen LogP contribution is 2.35. The maximum atomic E-state index is 13.0. The molecule has 4 rings (SSSR count). The van der Waals surface area contributed by atoms with Crippen LogP contribution in [0.2, 0.25) is 0 Å². The minimum atomic E-state index is -1.09. The Labute approximate surface area is 140 Å². The Kier molecular flexibility index (Phi) is 3.67. The first-order valence-corrected chi connectivity index (χ1v) is 9.80. The minimum Gasteiger partial charge on any atom is -0.612 e. The normalized spacial score (nSPS) is 14.9. The lowest BCUT2D eigenvalue weighted by Gasteiger charge is -2.13. The van der Waals surface area contributed by atoms with Gasteiger partial charge in [-0.1, -0.05) is 6.07 Å². The molecule has 1 aliphatic heterocycles. The third-order valence-electron chi connectivity index (χ3n) is 3.98. The number of benzene rings is 1. The van der Waals surface area contributed by atoms with Gasteiger partial charge >= 0.3 is 0 Å². The van der Waals surface area contributed by atoms with Gasteiger partial charge in [-0.15, -0.1) is 11.8 Å². The van der Waals surface area contributed by atoms with Crippen LogP contribution < -0.4 is 5.56 Å². The summed E-state index contributed by atoms with van der Waals surface area (Å²) in [4.78, 5) is 19.2. The van der Waals surface area contributed by atoms with Crippen molar-refractivity contribution in [2.75, 3.05) is 12.0 Å². The van der Waals surface area contributed by atoms with E-state index < -0.39 is 11.2 Å². The topological polar surface area (TPSA) is 58.0 Å². The molecule has 2 aromatic heterocycles. The number of rotatable bonds is 2. The maximum absolute atomic E-state index is 13.0. The second-order valence-electron chi connectivity index (χ2n) is 5.37. The standard InChI is InChI=1S/C17H14N2O2S2/c1-23(21)12-5-2-4-11(10-12)19-16-13(6-3-8-18-16)15-14(17(19)20)7-9-22-15/h2-6,8,10H,7,9H2,1H3. The molecule has 23 heavy (non-hydrogen) atoms. The third kappa shape index (κ3) is 2.38. The van der Waals surface area contributed by atoms with Crippen LogP contribution >= 0.6 is 11.8 Å². The van der Waals surface area contributed by atoms with Crippen LogP contribution in [0, 0.1) is 0 Å². The first-order valence-electron chi connectivity index (χ1n) is 7.26. The van der Waals surface area contributed by atoms with E-state index in [0.717, 1.165) is 28.0 Å². The van der Waals surface area contributed by atoms with Gasteiger partial charge in [0.15, 0.2) is 4.90 Å². The Morgan fingerprint density at radius 2 is 2.17 bits per heavy atom. The van der Waals surface area contributed by atoms with E-state index in [2.05, 4.69) is 4.98 Å². The van der Waals surface area contributed by atoms with Crippen molar-refractivity contribution in [3.8, 4) is 5.69 Å². The molecule has 1 aromatic carbocycles. The van der Waals surface area contributed by atoms with Gasteiger partial charge in [-0.05, 0) is 41.9 Å². The molecule has 0 spiro atoms. The lowest BCUT2D eigenvalue weighted by molar-refractivity contribution is 0.600. The van der Waals surface area contributed by atoms with Crippen molar-refractivity contribution < 1.29 is 4.55 Å². The van der Waals surface area contributed by atoms with Crippen LogP contribution in [-0.2, 0) is 17.6 Å². The van der Waals surface area contributed by atoms with Crippen molar-refractivity contribution in [1.82, 2.24) is 9.55 Å². The second-order valence-corrected chi connectivity index (χ2v) is 7.86. The molecule has 116 valence electrons. The monoisotopic (exact) mass is 342 g/mol. The van der Waals surface area contributed by atoms with Gasteiger partial charge in [0.1, 0.15) is 11.9 Å². The van der Waals surface area contributed by atoms with Crippen LogP contribution in [0.1, 0.15) is 5.56 Å². The Balaban J connectivity index is 2.08. The molecule has 0 radical (unpaired) electrons. The molecule has 3 heterocycles. The summed E-state index contributed by atoms with van der Waals surface area (Å²) in [5.41, 5.74) is 2.21. The molecule has 0 N–H and O–H groups in total. The Hall–Kier alpha value is -1.76. The second kappa shape index (κ2) is 5.70. The summed E-state index contributed by atoms with van der Waals surface area (Å²) in [6.45, 7) is 0. The molecule has 0 saturated carbocycles. The molecule has 0 amide bonds. The van der Waals surface area contributed by atoms with Gasteiger partial charge in [-0.3, -0.25) is 9.36 Å². The van der Waals surface area contributed by atoms with Crippen molar-refractivity contribution in [3.05, 3.63) is 58.5 Å². The number of thioether (sulfide) groups is 1. The number of hydrogen-bond donors (Lipinski definition) is 0. The molecule has 4 nitrogen and oxygen atoms in total. The van der Waals surface area contributed by atoms with Crippen molar-refractivity contribution in [1.29, 1.82) is 0 Å². The van der Waals surface area contributed by atoms with Gasteiger partial charge in [-0.2, -0.15) is 0 Å². The molecular weight excluding hydrogens is 328 g/mol. The quantitative estimate of drug-likeness (QED) is 0.672. The van der Waals surface area contributed by atoms with E-state index in [0.29, 0.717) is 16.2 Å². The molecule has 3 aromatic rings. The number of fused-ring (bicyclic) bond motifs is 3. The summed E-state index contributed by atoms with van der Waals surface area (Å²) in [6, 6.07) is 11.2. The predicted octanol–water partition coefficient (Wildman–Crippen LogP) is 2.77. The van der Waals surface area contributed by atoms with Crippen LogP contribution in [0.25, 0.3) is 16.7 Å². The molecule has 0 bridgehead atoms. The third-order valence-corrected chi connectivity index (χ3v) is 6.07. The maximum Gasteiger partial charge on any atom is 0.261 e. The number of nitrogens with zero attached hydrogens (tertiary/aromatic N) is 2. The van der Waals surface area contributed by atoms with Gasteiger partial charge in [0.05, 0.1) is 5.69 Å². The highest BCUT2D eigenvalue weighted by molar-refractivity contribution is 7.99. The highest BCUT2D eigenvalue weighted by Gasteiger charge is 2.23. The molecule has 1 unspecified atom stereocenters. The van der Waals surface area contributed by atoms with E-state index in [1.54, 1.807) is 34.8 Å². The lowest BCUT2D eigenvalue weighted by Crippen LogP contribution is -2.23. The molecule has 6 heteroatoms. The summed E-state index contributed by atoms with van der Waals surface area (Å²) in [5.74, 6) is 0.928. The van der Waals surface area contributed by atoms with Crippen LogP contribution in [-0.4, -0.2) is 26.1 Å². The van der Waals surface area contributed by atoms with Gasteiger partial charge in [0.25, 0.3) is 5.56 Å². The zero-order valence-corrected chi connectivity index (χ0v) is 14.1. The summed E-state index contributed by atoms with van der Waals surface area (Å²) in [7, 11) is 0. The average Bonchev–Trinajstić information content (AvgIpc) is 3.06. The van der Waals surface area contributed by atoms with Gasteiger partial charge in [0.2, 0.25) is 0 Å². The molecule has 0 fully saturated rings. The van der Waals surface area contributed by atoms with Crippen molar-refractivity contribution in [3.63, 3.8) is 0 Å². The van der Waals surface area contributed by atoms with Crippen molar-refractivity contribution >= 4 is 34.0 Å². The molecule has 0 saturated heterocycles. The SMILES string of the molecule is C[S+]([O-])c1cccc(-n2c(=O)c3c(c4cccnc42)SCC3)c1. The number of pyridine rings is 2.